The summed E-state index contributed by atoms with van der Waals surface area (Å²) in [6, 6.07) is 6.46. The van der Waals surface area contributed by atoms with Gasteiger partial charge in [0.15, 0.2) is 0 Å². The monoisotopic (exact) mass is 328 g/mol. The standard InChI is InChI=1S/C14H17ClN2O3S/c1-17-8-6-11(10-17)5-7-16-21(18,19)14-9-12(15)3-4-13(14)20-2/h3-4,6,8-10,16H,5,7H2,1-2H3. The maximum Gasteiger partial charge on any atom is 0.244 e. The highest BCUT2D eigenvalue weighted by atomic mass is 35.5. The van der Waals surface area contributed by atoms with Gasteiger partial charge in [-0.15, -0.1) is 0 Å². The van der Waals surface area contributed by atoms with E-state index in [1.54, 1.807) is 6.07 Å². The van der Waals surface area contributed by atoms with Crippen LogP contribution in [0.1, 0.15) is 5.56 Å². The van der Waals surface area contributed by atoms with E-state index in [1.165, 1.54) is 19.2 Å². The maximum atomic E-state index is 12.3. The summed E-state index contributed by atoms with van der Waals surface area (Å²) in [6.07, 6.45) is 4.49. The van der Waals surface area contributed by atoms with Gasteiger partial charge in [0.05, 0.1) is 7.11 Å². The van der Waals surface area contributed by atoms with Crippen LogP contribution in [0, 0.1) is 0 Å². The molecule has 0 atom stereocenters. The molecule has 0 saturated carbocycles. The average Bonchev–Trinajstić information content (AvgIpc) is 2.84. The van der Waals surface area contributed by atoms with Gasteiger partial charge in [0.25, 0.3) is 0 Å². The lowest BCUT2D eigenvalue weighted by molar-refractivity contribution is 0.402. The number of benzene rings is 1. The molecule has 114 valence electrons. The number of hydrogen-bond acceptors (Lipinski definition) is 3. The van der Waals surface area contributed by atoms with Gasteiger partial charge in [0.1, 0.15) is 10.6 Å². The third kappa shape index (κ3) is 4.00. The number of hydrogen-bond donors (Lipinski definition) is 1. The molecule has 5 nitrogen and oxygen atoms in total. The van der Waals surface area contributed by atoms with E-state index < -0.39 is 10.0 Å². The lowest BCUT2D eigenvalue weighted by atomic mass is 10.2. The van der Waals surface area contributed by atoms with Crippen molar-refractivity contribution in [2.24, 2.45) is 7.05 Å². The number of methoxy groups -OCH3 is 1. The van der Waals surface area contributed by atoms with Gasteiger partial charge < -0.3 is 9.30 Å². The first-order valence-corrected chi connectivity index (χ1v) is 8.22. The van der Waals surface area contributed by atoms with Crippen molar-refractivity contribution >= 4 is 21.6 Å². The molecule has 0 saturated heterocycles. The average molecular weight is 329 g/mol. The summed E-state index contributed by atoms with van der Waals surface area (Å²) in [5.41, 5.74) is 1.07. The molecule has 0 aliphatic heterocycles. The quantitative estimate of drug-likeness (QED) is 0.884. The van der Waals surface area contributed by atoms with Gasteiger partial charge in [-0.25, -0.2) is 13.1 Å². The SMILES string of the molecule is COc1ccc(Cl)cc1S(=O)(=O)NCCc1ccn(C)c1. The van der Waals surface area contributed by atoms with Crippen molar-refractivity contribution < 1.29 is 13.2 Å². The predicted octanol–water partition coefficient (Wildman–Crippen LogP) is 2.21. The number of nitrogens with zero attached hydrogens (tertiary/aromatic N) is 1. The van der Waals surface area contributed by atoms with Gasteiger partial charge in [-0.2, -0.15) is 0 Å². The fourth-order valence-electron chi connectivity index (χ4n) is 1.98. The van der Waals surface area contributed by atoms with Crippen LogP contribution < -0.4 is 9.46 Å². The Kier molecular flexibility index (Phi) is 4.92. The molecule has 0 aliphatic carbocycles. The summed E-state index contributed by atoms with van der Waals surface area (Å²) in [5.74, 6) is 0.270. The summed E-state index contributed by atoms with van der Waals surface area (Å²) in [5, 5.41) is 0.347. The summed E-state index contributed by atoms with van der Waals surface area (Å²) in [4.78, 5) is 0.0468. The van der Waals surface area contributed by atoms with E-state index in [0.717, 1.165) is 5.56 Å². The number of nitrogens with one attached hydrogen (secondary N) is 1. The molecule has 0 amide bonds. The van der Waals surface area contributed by atoms with Crippen molar-refractivity contribution in [3.63, 3.8) is 0 Å². The first-order valence-electron chi connectivity index (χ1n) is 6.36. The molecule has 2 rings (SSSR count). The normalized spacial score (nSPS) is 11.6. The molecule has 0 unspecified atom stereocenters. The van der Waals surface area contributed by atoms with Crippen LogP contribution in [0.5, 0.6) is 5.75 Å². The number of ether oxygens (including phenoxy) is 1. The van der Waals surface area contributed by atoms with Crippen LogP contribution in [0.3, 0.4) is 0 Å². The molecule has 1 aromatic heterocycles. The molecular weight excluding hydrogens is 312 g/mol. The fraction of sp³-hybridized carbons (Fsp3) is 0.286. The Labute approximate surface area is 129 Å². The van der Waals surface area contributed by atoms with Gasteiger partial charge in [0, 0.05) is 31.0 Å². The molecule has 2 aromatic rings. The lowest BCUT2D eigenvalue weighted by Gasteiger charge is -2.10. The second kappa shape index (κ2) is 6.51. The van der Waals surface area contributed by atoms with E-state index in [0.29, 0.717) is 18.0 Å². The minimum atomic E-state index is -3.66. The van der Waals surface area contributed by atoms with Gasteiger partial charge in [-0.3, -0.25) is 0 Å². The number of aromatic nitrogens is 1. The van der Waals surface area contributed by atoms with E-state index in [-0.39, 0.29) is 10.6 Å². The molecule has 0 bridgehead atoms. The molecule has 1 N–H and O–H groups in total. The first-order chi connectivity index (χ1) is 9.92. The molecule has 0 radical (unpaired) electrons. The zero-order valence-corrected chi connectivity index (χ0v) is 13.4. The largest absolute Gasteiger partial charge is 0.495 e. The Morgan fingerprint density at radius 3 is 2.71 bits per heavy atom. The van der Waals surface area contributed by atoms with Gasteiger partial charge in [0.2, 0.25) is 10.0 Å². The summed E-state index contributed by atoms with van der Waals surface area (Å²) >= 11 is 5.86. The van der Waals surface area contributed by atoms with Crippen LogP contribution >= 0.6 is 11.6 Å². The van der Waals surface area contributed by atoms with Crippen molar-refractivity contribution in [2.45, 2.75) is 11.3 Å². The molecular formula is C14H17ClN2O3S. The molecule has 0 spiro atoms. The first kappa shape index (κ1) is 15.9. The van der Waals surface area contributed by atoms with Crippen molar-refractivity contribution in [2.75, 3.05) is 13.7 Å². The number of halogens is 1. The molecule has 1 aromatic carbocycles. The van der Waals surface area contributed by atoms with Crippen LogP contribution in [-0.2, 0) is 23.5 Å². The van der Waals surface area contributed by atoms with Crippen molar-refractivity contribution in [3.8, 4) is 5.75 Å². The Balaban J connectivity index is 2.09. The molecule has 1 heterocycles. The van der Waals surface area contributed by atoms with E-state index in [2.05, 4.69) is 4.72 Å². The summed E-state index contributed by atoms with van der Waals surface area (Å²) in [6.45, 7) is 0.308. The van der Waals surface area contributed by atoms with E-state index in [1.807, 2.05) is 30.1 Å². The van der Waals surface area contributed by atoms with Gasteiger partial charge >= 0.3 is 0 Å². The molecule has 0 aliphatic rings. The lowest BCUT2D eigenvalue weighted by Crippen LogP contribution is -2.26. The van der Waals surface area contributed by atoms with Crippen LogP contribution in [0.15, 0.2) is 41.6 Å². The predicted molar refractivity (Wildman–Crippen MR) is 82.3 cm³/mol. The number of sulfonamides is 1. The van der Waals surface area contributed by atoms with Crippen molar-refractivity contribution in [3.05, 3.63) is 47.2 Å². The molecule has 7 heteroatoms. The molecule has 0 fully saturated rings. The molecule has 21 heavy (non-hydrogen) atoms. The number of rotatable bonds is 6. The highest BCUT2D eigenvalue weighted by Gasteiger charge is 2.19. The van der Waals surface area contributed by atoms with Crippen LogP contribution in [0.2, 0.25) is 5.02 Å². The van der Waals surface area contributed by atoms with Crippen molar-refractivity contribution in [1.29, 1.82) is 0 Å². The third-order valence-electron chi connectivity index (χ3n) is 3.01. The summed E-state index contributed by atoms with van der Waals surface area (Å²) in [7, 11) is -0.311. The smallest absolute Gasteiger partial charge is 0.244 e. The third-order valence-corrected chi connectivity index (χ3v) is 4.73. The van der Waals surface area contributed by atoms with Crippen molar-refractivity contribution in [1.82, 2.24) is 9.29 Å². The Morgan fingerprint density at radius 2 is 2.10 bits per heavy atom. The zero-order chi connectivity index (χ0) is 15.5. The second-order valence-corrected chi connectivity index (χ2v) is 6.80. The number of aryl methyl sites for hydroxylation is 1. The van der Waals surface area contributed by atoms with E-state index in [9.17, 15) is 8.42 Å². The minimum Gasteiger partial charge on any atom is -0.495 e. The van der Waals surface area contributed by atoms with Crippen LogP contribution in [0.4, 0.5) is 0 Å². The Morgan fingerprint density at radius 1 is 1.33 bits per heavy atom. The second-order valence-electron chi connectivity index (χ2n) is 4.63. The fourth-order valence-corrected chi connectivity index (χ4v) is 3.44. The van der Waals surface area contributed by atoms with Crippen LogP contribution in [-0.4, -0.2) is 26.6 Å². The van der Waals surface area contributed by atoms with E-state index in [4.69, 9.17) is 16.3 Å². The Hall–Kier alpha value is -1.50. The highest BCUT2D eigenvalue weighted by molar-refractivity contribution is 7.89. The zero-order valence-electron chi connectivity index (χ0n) is 11.8. The van der Waals surface area contributed by atoms with E-state index >= 15 is 0 Å². The van der Waals surface area contributed by atoms with Gasteiger partial charge in [-0.05, 0) is 36.2 Å². The minimum absolute atomic E-state index is 0.0468. The Bertz CT molecular complexity index is 726. The summed E-state index contributed by atoms with van der Waals surface area (Å²) < 4.78 is 34.2. The highest BCUT2D eigenvalue weighted by Crippen LogP contribution is 2.26. The van der Waals surface area contributed by atoms with Gasteiger partial charge in [-0.1, -0.05) is 11.6 Å². The maximum absolute atomic E-state index is 12.3. The van der Waals surface area contributed by atoms with Crippen LogP contribution in [0.25, 0.3) is 0 Å². The topological polar surface area (TPSA) is 60.3 Å².